The van der Waals surface area contributed by atoms with Crippen molar-refractivity contribution in [2.75, 3.05) is 24.9 Å². The largest absolute Gasteiger partial charge is 0.378 e. The molecule has 1 aliphatic rings. The molecule has 0 aliphatic heterocycles. The number of halogens is 1. The number of nitrogens with zero attached hydrogens (tertiary/aromatic N) is 1. The summed E-state index contributed by atoms with van der Waals surface area (Å²) < 4.78 is 0. The maximum atomic E-state index is 12.3. The van der Waals surface area contributed by atoms with Crippen LogP contribution >= 0.6 is 11.6 Å². The Morgan fingerprint density at radius 1 is 1.25 bits per heavy atom. The van der Waals surface area contributed by atoms with Gasteiger partial charge >= 0.3 is 0 Å². The molecular weight excluding hydrogens is 272 g/mol. The van der Waals surface area contributed by atoms with Crippen LogP contribution in [0.2, 0.25) is 0 Å². The molecule has 1 aromatic rings. The lowest BCUT2D eigenvalue weighted by atomic mass is 9.85. The zero-order chi connectivity index (χ0) is 14.5. The van der Waals surface area contributed by atoms with Crippen molar-refractivity contribution in [1.82, 2.24) is 5.32 Å². The summed E-state index contributed by atoms with van der Waals surface area (Å²) in [5.74, 6) is 1.05. The van der Waals surface area contributed by atoms with Crippen molar-refractivity contribution >= 4 is 23.2 Å². The number of anilines is 1. The van der Waals surface area contributed by atoms with Crippen LogP contribution in [0.15, 0.2) is 24.3 Å². The minimum absolute atomic E-state index is 0.0114. The first kappa shape index (κ1) is 15.2. The number of benzene rings is 1. The summed E-state index contributed by atoms with van der Waals surface area (Å²) >= 11 is 6.00. The summed E-state index contributed by atoms with van der Waals surface area (Å²) in [5.41, 5.74) is 1.81. The molecule has 0 spiro atoms. The molecule has 1 saturated carbocycles. The molecule has 0 heterocycles. The third kappa shape index (κ3) is 3.66. The molecule has 0 aromatic heterocycles. The molecule has 0 radical (unpaired) electrons. The fourth-order valence-corrected chi connectivity index (χ4v) is 3.11. The van der Waals surface area contributed by atoms with Gasteiger partial charge in [-0.05, 0) is 43.0 Å². The van der Waals surface area contributed by atoms with Crippen molar-refractivity contribution in [3.8, 4) is 0 Å². The van der Waals surface area contributed by atoms with Gasteiger partial charge in [0, 0.05) is 37.3 Å². The van der Waals surface area contributed by atoms with Gasteiger partial charge in [0.1, 0.15) is 0 Å². The Morgan fingerprint density at radius 2 is 1.90 bits per heavy atom. The molecule has 1 fully saturated rings. The lowest BCUT2D eigenvalue weighted by Gasteiger charge is -2.30. The van der Waals surface area contributed by atoms with Gasteiger partial charge in [-0.25, -0.2) is 0 Å². The van der Waals surface area contributed by atoms with Crippen molar-refractivity contribution in [3.63, 3.8) is 0 Å². The fourth-order valence-electron chi connectivity index (χ4n) is 2.75. The second-order valence-corrected chi connectivity index (χ2v) is 6.03. The predicted octanol–water partition coefficient (Wildman–Crippen LogP) is 3.28. The number of carbonyl (C=O) groups is 1. The van der Waals surface area contributed by atoms with Crippen molar-refractivity contribution in [2.24, 2.45) is 5.92 Å². The first-order valence-corrected chi connectivity index (χ1v) is 7.79. The third-order valence-corrected chi connectivity index (χ3v) is 4.47. The van der Waals surface area contributed by atoms with E-state index in [-0.39, 0.29) is 11.9 Å². The van der Waals surface area contributed by atoms with E-state index >= 15 is 0 Å². The van der Waals surface area contributed by atoms with Crippen molar-refractivity contribution in [3.05, 3.63) is 29.8 Å². The van der Waals surface area contributed by atoms with Crippen LogP contribution in [0.25, 0.3) is 0 Å². The van der Waals surface area contributed by atoms with E-state index in [1.807, 2.05) is 43.3 Å². The van der Waals surface area contributed by atoms with Gasteiger partial charge in [-0.3, -0.25) is 4.79 Å². The predicted molar refractivity (Wildman–Crippen MR) is 84.7 cm³/mol. The highest BCUT2D eigenvalue weighted by Crippen LogP contribution is 2.25. The summed E-state index contributed by atoms with van der Waals surface area (Å²) in [5, 5.41) is 3.15. The lowest BCUT2D eigenvalue weighted by Crippen LogP contribution is -2.42. The van der Waals surface area contributed by atoms with Gasteiger partial charge in [0.15, 0.2) is 0 Å². The zero-order valence-corrected chi connectivity index (χ0v) is 13.0. The van der Waals surface area contributed by atoms with E-state index in [9.17, 15) is 4.79 Å². The van der Waals surface area contributed by atoms with Gasteiger partial charge in [-0.1, -0.05) is 12.8 Å². The van der Waals surface area contributed by atoms with Crippen LogP contribution in [0, 0.1) is 5.92 Å². The molecule has 20 heavy (non-hydrogen) atoms. The van der Waals surface area contributed by atoms with E-state index in [2.05, 4.69) is 5.32 Å². The lowest BCUT2D eigenvalue weighted by molar-refractivity contribution is 0.0911. The second-order valence-electron chi connectivity index (χ2n) is 5.72. The SMILES string of the molecule is CN(C)c1ccc(C(=O)NC2CCCCC2CCl)cc1. The van der Waals surface area contributed by atoms with E-state index in [0.29, 0.717) is 11.8 Å². The molecule has 1 aliphatic carbocycles. The monoisotopic (exact) mass is 294 g/mol. The van der Waals surface area contributed by atoms with Crippen LogP contribution in [-0.2, 0) is 0 Å². The van der Waals surface area contributed by atoms with Crippen molar-refractivity contribution in [1.29, 1.82) is 0 Å². The average Bonchev–Trinajstić information content (AvgIpc) is 2.48. The van der Waals surface area contributed by atoms with Crippen LogP contribution in [0.3, 0.4) is 0 Å². The Bertz CT molecular complexity index is 444. The molecule has 0 saturated heterocycles. The number of hydrogen-bond donors (Lipinski definition) is 1. The highest BCUT2D eigenvalue weighted by atomic mass is 35.5. The summed E-state index contributed by atoms with van der Waals surface area (Å²) in [6.45, 7) is 0. The summed E-state index contributed by atoms with van der Waals surface area (Å²) in [4.78, 5) is 14.3. The van der Waals surface area contributed by atoms with Crippen molar-refractivity contribution < 1.29 is 4.79 Å². The van der Waals surface area contributed by atoms with Crippen LogP contribution in [0.4, 0.5) is 5.69 Å². The maximum Gasteiger partial charge on any atom is 0.251 e. The van der Waals surface area contributed by atoms with Crippen LogP contribution < -0.4 is 10.2 Å². The van der Waals surface area contributed by atoms with Gasteiger partial charge in [0.25, 0.3) is 5.91 Å². The maximum absolute atomic E-state index is 12.3. The number of hydrogen-bond acceptors (Lipinski definition) is 2. The average molecular weight is 295 g/mol. The van der Waals surface area contributed by atoms with Crippen molar-refractivity contribution in [2.45, 2.75) is 31.7 Å². The Kier molecular flexibility index (Phi) is 5.30. The van der Waals surface area contributed by atoms with E-state index in [0.717, 1.165) is 24.1 Å². The quantitative estimate of drug-likeness (QED) is 0.864. The Labute approximate surface area is 126 Å². The smallest absolute Gasteiger partial charge is 0.251 e. The van der Waals surface area contributed by atoms with Crippen LogP contribution in [-0.4, -0.2) is 31.9 Å². The highest BCUT2D eigenvalue weighted by Gasteiger charge is 2.25. The van der Waals surface area contributed by atoms with E-state index in [1.54, 1.807) is 0 Å². The molecule has 3 nitrogen and oxygen atoms in total. The zero-order valence-electron chi connectivity index (χ0n) is 12.2. The van der Waals surface area contributed by atoms with E-state index in [4.69, 9.17) is 11.6 Å². The van der Waals surface area contributed by atoms with Gasteiger partial charge in [0.05, 0.1) is 0 Å². The molecule has 2 unspecified atom stereocenters. The Balaban J connectivity index is 2.00. The standard InChI is InChI=1S/C16H23ClN2O/c1-19(2)14-9-7-12(8-10-14)16(20)18-15-6-4-3-5-13(15)11-17/h7-10,13,15H,3-6,11H2,1-2H3,(H,18,20). The number of carbonyl (C=O) groups excluding carboxylic acids is 1. The number of rotatable bonds is 4. The molecule has 2 rings (SSSR count). The minimum atomic E-state index is 0.0114. The summed E-state index contributed by atoms with van der Waals surface area (Å²) in [6.07, 6.45) is 4.56. The molecule has 4 heteroatoms. The first-order valence-electron chi connectivity index (χ1n) is 7.26. The van der Waals surface area contributed by atoms with Crippen LogP contribution in [0.5, 0.6) is 0 Å². The first-order chi connectivity index (χ1) is 9.61. The highest BCUT2D eigenvalue weighted by molar-refractivity contribution is 6.18. The normalized spacial score (nSPS) is 22.4. The second kappa shape index (κ2) is 6.98. The molecular formula is C16H23ClN2O. The van der Waals surface area contributed by atoms with Crippen LogP contribution in [0.1, 0.15) is 36.0 Å². The molecule has 0 bridgehead atoms. The number of amides is 1. The van der Waals surface area contributed by atoms with Gasteiger partial charge in [-0.2, -0.15) is 0 Å². The Hall–Kier alpha value is -1.22. The molecule has 2 atom stereocenters. The summed E-state index contributed by atoms with van der Waals surface area (Å²) in [6, 6.07) is 7.91. The Morgan fingerprint density at radius 3 is 2.50 bits per heavy atom. The third-order valence-electron chi connectivity index (χ3n) is 4.07. The fraction of sp³-hybridized carbons (Fsp3) is 0.562. The molecule has 110 valence electrons. The van der Waals surface area contributed by atoms with Gasteiger partial charge in [-0.15, -0.1) is 11.6 Å². The molecule has 1 aromatic carbocycles. The van der Waals surface area contributed by atoms with Gasteiger partial charge < -0.3 is 10.2 Å². The molecule has 1 N–H and O–H groups in total. The molecule has 1 amide bonds. The van der Waals surface area contributed by atoms with E-state index in [1.165, 1.54) is 12.8 Å². The minimum Gasteiger partial charge on any atom is -0.378 e. The number of nitrogens with one attached hydrogen (secondary N) is 1. The number of alkyl halides is 1. The topological polar surface area (TPSA) is 32.3 Å². The van der Waals surface area contributed by atoms with E-state index < -0.39 is 0 Å². The summed E-state index contributed by atoms with van der Waals surface area (Å²) in [7, 11) is 3.98. The van der Waals surface area contributed by atoms with Gasteiger partial charge in [0.2, 0.25) is 0 Å².